The third-order valence-electron chi connectivity index (χ3n) is 5.57. The molecule has 0 aromatic heterocycles. The molecule has 0 radical (unpaired) electrons. The largest absolute Gasteiger partial charge is 0.389 e. The lowest BCUT2D eigenvalue weighted by atomic mass is 9.82. The van der Waals surface area contributed by atoms with E-state index in [9.17, 15) is 15.2 Å². The third-order valence-corrected chi connectivity index (χ3v) is 5.57. The maximum absolute atomic E-state index is 12.8. The number of nitrogens with zero attached hydrogens (tertiary/aromatic N) is 2. The summed E-state index contributed by atoms with van der Waals surface area (Å²) in [6.45, 7) is 0.699. The van der Waals surface area contributed by atoms with Crippen LogP contribution >= 0.6 is 0 Å². The lowest BCUT2D eigenvalue weighted by Crippen LogP contribution is -2.44. The van der Waals surface area contributed by atoms with Crippen LogP contribution in [0.15, 0.2) is 30.3 Å². The Balaban J connectivity index is 1.72. The van der Waals surface area contributed by atoms with Crippen LogP contribution < -0.4 is 0 Å². The molecule has 24 heavy (non-hydrogen) atoms. The maximum atomic E-state index is 12.8. The molecular formula is C20H26N2O2. The van der Waals surface area contributed by atoms with E-state index in [4.69, 9.17) is 0 Å². The molecule has 0 bridgehead atoms. The predicted octanol–water partition coefficient (Wildman–Crippen LogP) is 3.37. The quantitative estimate of drug-likeness (QED) is 0.922. The molecule has 1 heterocycles. The molecule has 1 aliphatic carbocycles. The number of hydrogen-bond donors (Lipinski definition) is 1. The molecule has 128 valence electrons. The Hall–Kier alpha value is -1.86. The standard InChI is InChI=1S/C20H26N2O2/c21-15-17(16-8-3-1-4-9-16)18-10-7-13-22(18)19(23)14-20(24)11-5-2-6-12-20/h1,3-4,8-9,17-18,24H,2,5-7,10-14H2. The van der Waals surface area contributed by atoms with Gasteiger partial charge < -0.3 is 10.0 Å². The number of benzene rings is 1. The summed E-state index contributed by atoms with van der Waals surface area (Å²) in [7, 11) is 0. The summed E-state index contributed by atoms with van der Waals surface area (Å²) in [4.78, 5) is 14.7. The zero-order valence-electron chi connectivity index (χ0n) is 14.2. The van der Waals surface area contributed by atoms with Gasteiger partial charge in [0.25, 0.3) is 0 Å². The number of aliphatic hydroxyl groups is 1. The molecule has 1 amide bonds. The summed E-state index contributed by atoms with van der Waals surface area (Å²) < 4.78 is 0. The Labute approximate surface area is 144 Å². The first-order chi connectivity index (χ1) is 11.6. The number of likely N-dealkylation sites (tertiary alicyclic amines) is 1. The van der Waals surface area contributed by atoms with Crippen molar-refractivity contribution in [2.24, 2.45) is 0 Å². The molecule has 1 aromatic carbocycles. The highest BCUT2D eigenvalue weighted by atomic mass is 16.3. The van der Waals surface area contributed by atoms with Crippen LogP contribution in [0, 0.1) is 11.3 Å². The molecule has 1 saturated heterocycles. The molecule has 3 rings (SSSR count). The highest BCUT2D eigenvalue weighted by Crippen LogP contribution is 2.35. The van der Waals surface area contributed by atoms with Crippen molar-refractivity contribution in [1.82, 2.24) is 4.90 Å². The van der Waals surface area contributed by atoms with E-state index < -0.39 is 5.60 Å². The van der Waals surface area contributed by atoms with Crippen molar-refractivity contribution in [1.29, 1.82) is 5.26 Å². The van der Waals surface area contributed by atoms with Crippen molar-refractivity contribution in [2.75, 3.05) is 6.54 Å². The van der Waals surface area contributed by atoms with E-state index in [2.05, 4.69) is 6.07 Å². The average Bonchev–Trinajstić information content (AvgIpc) is 3.06. The van der Waals surface area contributed by atoms with Gasteiger partial charge in [0.1, 0.15) is 0 Å². The van der Waals surface area contributed by atoms with E-state index in [1.165, 1.54) is 0 Å². The first-order valence-electron chi connectivity index (χ1n) is 9.09. The monoisotopic (exact) mass is 326 g/mol. The van der Waals surface area contributed by atoms with Crippen molar-refractivity contribution in [2.45, 2.75) is 68.9 Å². The van der Waals surface area contributed by atoms with Crippen LogP contribution in [0.5, 0.6) is 0 Å². The Kier molecular flexibility index (Phi) is 5.20. The van der Waals surface area contributed by atoms with Gasteiger partial charge in [0, 0.05) is 6.54 Å². The highest BCUT2D eigenvalue weighted by molar-refractivity contribution is 5.78. The average molecular weight is 326 g/mol. The molecule has 1 saturated carbocycles. The van der Waals surface area contributed by atoms with Gasteiger partial charge >= 0.3 is 0 Å². The van der Waals surface area contributed by atoms with E-state index in [1.807, 2.05) is 35.2 Å². The van der Waals surface area contributed by atoms with E-state index in [1.54, 1.807) is 0 Å². The summed E-state index contributed by atoms with van der Waals surface area (Å²) >= 11 is 0. The molecule has 1 N–H and O–H groups in total. The number of carbonyl (C=O) groups is 1. The molecule has 0 spiro atoms. The van der Waals surface area contributed by atoms with Gasteiger partial charge in [-0.15, -0.1) is 0 Å². The van der Waals surface area contributed by atoms with Gasteiger partial charge in [-0.1, -0.05) is 49.6 Å². The van der Waals surface area contributed by atoms with Crippen molar-refractivity contribution in [3.63, 3.8) is 0 Å². The first kappa shape index (κ1) is 17.0. The lowest BCUT2D eigenvalue weighted by Gasteiger charge is -2.35. The molecule has 2 aliphatic rings. The van der Waals surface area contributed by atoms with Crippen LogP contribution in [0.25, 0.3) is 0 Å². The van der Waals surface area contributed by atoms with Gasteiger partial charge in [-0.3, -0.25) is 4.79 Å². The number of rotatable bonds is 4. The van der Waals surface area contributed by atoms with E-state index in [0.29, 0.717) is 6.54 Å². The minimum Gasteiger partial charge on any atom is -0.389 e. The molecular weight excluding hydrogens is 300 g/mol. The lowest BCUT2D eigenvalue weighted by molar-refractivity contribution is -0.138. The van der Waals surface area contributed by atoms with Gasteiger partial charge in [-0.25, -0.2) is 0 Å². The fraction of sp³-hybridized carbons (Fsp3) is 0.600. The van der Waals surface area contributed by atoms with E-state index >= 15 is 0 Å². The summed E-state index contributed by atoms with van der Waals surface area (Å²) in [5, 5.41) is 20.4. The maximum Gasteiger partial charge on any atom is 0.225 e. The second kappa shape index (κ2) is 7.36. The minimum absolute atomic E-state index is 0.0121. The van der Waals surface area contributed by atoms with Gasteiger partial charge in [0.05, 0.1) is 30.1 Å². The number of amides is 1. The minimum atomic E-state index is -0.836. The van der Waals surface area contributed by atoms with Crippen molar-refractivity contribution < 1.29 is 9.90 Å². The van der Waals surface area contributed by atoms with Gasteiger partial charge in [0.15, 0.2) is 0 Å². The van der Waals surface area contributed by atoms with Crippen LogP contribution in [-0.2, 0) is 4.79 Å². The van der Waals surface area contributed by atoms with E-state index in [0.717, 1.165) is 50.5 Å². The van der Waals surface area contributed by atoms with Crippen LogP contribution in [0.4, 0.5) is 0 Å². The van der Waals surface area contributed by atoms with Crippen LogP contribution in [0.1, 0.15) is 62.8 Å². The molecule has 1 aliphatic heterocycles. The fourth-order valence-corrected chi connectivity index (χ4v) is 4.26. The Morgan fingerprint density at radius 3 is 2.62 bits per heavy atom. The molecule has 2 fully saturated rings. The van der Waals surface area contributed by atoms with Crippen LogP contribution in [-0.4, -0.2) is 34.1 Å². The van der Waals surface area contributed by atoms with Crippen LogP contribution in [0.3, 0.4) is 0 Å². The predicted molar refractivity (Wildman–Crippen MR) is 92.2 cm³/mol. The summed E-state index contributed by atoms with van der Waals surface area (Å²) in [5.41, 5.74) is 0.137. The number of nitriles is 1. The summed E-state index contributed by atoms with van der Waals surface area (Å²) in [6.07, 6.45) is 6.58. The zero-order valence-corrected chi connectivity index (χ0v) is 14.2. The fourth-order valence-electron chi connectivity index (χ4n) is 4.26. The smallest absolute Gasteiger partial charge is 0.225 e. The second-order valence-corrected chi connectivity index (χ2v) is 7.28. The topological polar surface area (TPSA) is 64.3 Å². The van der Waals surface area contributed by atoms with Crippen molar-refractivity contribution in [3.8, 4) is 6.07 Å². The molecule has 2 atom stereocenters. The molecule has 2 unspecified atom stereocenters. The van der Waals surface area contributed by atoms with E-state index in [-0.39, 0.29) is 24.3 Å². The van der Waals surface area contributed by atoms with Crippen LogP contribution in [0.2, 0.25) is 0 Å². The SMILES string of the molecule is N#CC(c1ccccc1)C1CCCN1C(=O)CC1(O)CCCCC1. The second-order valence-electron chi connectivity index (χ2n) is 7.28. The van der Waals surface area contributed by atoms with Gasteiger partial charge in [0.2, 0.25) is 5.91 Å². The summed E-state index contributed by atoms with van der Waals surface area (Å²) in [6, 6.07) is 12.1. The Morgan fingerprint density at radius 1 is 1.25 bits per heavy atom. The summed E-state index contributed by atoms with van der Waals surface area (Å²) in [5.74, 6) is -0.281. The first-order valence-corrected chi connectivity index (χ1v) is 9.09. The zero-order chi connectivity index (χ0) is 17.0. The Bertz CT molecular complexity index is 602. The molecule has 4 heteroatoms. The Morgan fingerprint density at radius 2 is 1.96 bits per heavy atom. The molecule has 1 aromatic rings. The van der Waals surface area contributed by atoms with Gasteiger partial charge in [-0.05, 0) is 31.2 Å². The third kappa shape index (κ3) is 3.62. The number of carbonyl (C=O) groups excluding carboxylic acids is 1. The van der Waals surface area contributed by atoms with Crippen molar-refractivity contribution >= 4 is 5.91 Å². The number of hydrogen-bond acceptors (Lipinski definition) is 3. The highest BCUT2D eigenvalue weighted by Gasteiger charge is 2.39. The molecule has 4 nitrogen and oxygen atoms in total. The normalized spacial score (nSPS) is 24.3. The van der Waals surface area contributed by atoms with Crippen molar-refractivity contribution in [3.05, 3.63) is 35.9 Å². The van der Waals surface area contributed by atoms with Gasteiger partial charge in [-0.2, -0.15) is 5.26 Å².